The van der Waals surface area contributed by atoms with Gasteiger partial charge >= 0.3 is 5.97 Å². The van der Waals surface area contributed by atoms with Crippen LogP contribution in [-0.2, 0) is 26.6 Å². The predicted molar refractivity (Wildman–Crippen MR) is 102 cm³/mol. The molecule has 0 spiro atoms. The van der Waals surface area contributed by atoms with Crippen LogP contribution in [0.3, 0.4) is 0 Å². The molecule has 0 radical (unpaired) electrons. The minimum atomic E-state index is -0.992. The van der Waals surface area contributed by atoms with Gasteiger partial charge in [-0.25, -0.2) is 9.78 Å². The quantitative estimate of drug-likeness (QED) is 0.727. The highest BCUT2D eigenvalue weighted by molar-refractivity contribution is 5.87. The van der Waals surface area contributed by atoms with Crippen LogP contribution >= 0.6 is 0 Å². The Morgan fingerprint density at radius 1 is 1.25 bits per heavy atom. The Morgan fingerprint density at radius 2 is 2.04 bits per heavy atom. The van der Waals surface area contributed by atoms with Crippen molar-refractivity contribution in [3.8, 4) is 5.88 Å². The zero-order chi connectivity index (χ0) is 19.7. The number of hydrogen-bond donors (Lipinski definition) is 1. The lowest BCUT2D eigenvalue weighted by atomic mass is 10.0. The first-order chi connectivity index (χ1) is 13.5. The van der Waals surface area contributed by atoms with E-state index in [4.69, 9.17) is 4.74 Å². The fraction of sp³-hybridized carbons (Fsp3) is 0.300. The molecule has 0 fully saturated rings. The third-order valence-electron chi connectivity index (χ3n) is 4.78. The Morgan fingerprint density at radius 3 is 2.79 bits per heavy atom. The summed E-state index contributed by atoms with van der Waals surface area (Å²) in [4.78, 5) is 22.5. The average Bonchev–Trinajstić information content (AvgIpc) is 3.03. The number of ether oxygens (including phenoxy) is 1. The molecule has 0 aliphatic carbocycles. The zero-order valence-corrected chi connectivity index (χ0v) is 15.8. The monoisotopic (exact) mass is 379 g/mol. The highest BCUT2D eigenvalue weighted by atomic mass is 16.5. The van der Waals surface area contributed by atoms with Gasteiger partial charge in [0, 0.05) is 30.9 Å². The Bertz CT molecular complexity index is 1020. The highest BCUT2D eigenvalue weighted by Crippen LogP contribution is 2.26. The van der Waals surface area contributed by atoms with Crippen LogP contribution in [0.1, 0.15) is 33.0 Å². The van der Waals surface area contributed by atoms with Crippen LogP contribution in [0.25, 0.3) is 0 Å². The lowest BCUT2D eigenvalue weighted by Gasteiger charge is -2.27. The third-order valence-corrected chi connectivity index (χ3v) is 4.78. The molecule has 1 aliphatic heterocycles. The molecular weight excluding hydrogens is 358 g/mol. The van der Waals surface area contributed by atoms with Crippen LogP contribution in [-0.4, -0.2) is 37.4 Å². The number of aromatic nitrogens is 4. The largest absolute Gasteiger partial charge is 0.476 e. The minimum absolute atomic E-state index is 0.134. The first-order valence-corrected chi connectivity index (χ1v) is 9.06. The number of benzene rings is 1. The Kier molecular flexibility index (Phi) is 4.68. The van der Waals surface area contributed by atoms with Crippen LogP contribution in [0.5, 0.6) is 5.88 Å². The second kappa shape index (κ2) is 7.30. The van der Waals surface area contributed by atoms with Crippen LogP contribution in [0, 0.1) is 6.92 Å². The van der Waals surface area contributed by atoms with Gasteiger partial charge in [-0.3, -0.25) is 4.68 Å². The maximum Gasteiger partial charge on any atom is 0.356 e. The fourth-order valence-electron chi connectivity index (χ4n) is 3.38. The molecule has 0 bridgehead atoms. The summed E-state index contributed by atoms with van der Waals surface area (Å²) in [5, 5.41) is 13.5. The van der Waals surface area contributed by atoms with Gasteiger partial charge in [0.2, 0.25) is 11.8 Å². The normalized spacial score (nSPS) is 13.3. The summed E-state index contributed by atoms with van der Waals surface area (Å²) in [6, 6.07) is 11.7. The van der Waals surface area contributed by atoms with Crippen molar-refractivity contribution in [1.82, 2.24) is 19.7 Å². The number of carboxylic acids is 1. The van der Waals surface area contributed by atoms with Gasteiger partial charge in [0.25, 0.3) is 0 Å². The van der Waals surface area contributed by atoms with Gasteiger partial charge in [0.1, 0.15) is 6.61 Å². The first kappa shape index (κ1) is 18.0. The summed E-state index contributed by atoms with van der Waals surface area (Å²) >= 11 is 0. The predicted octanol–water partition coefficient (Wildman–Crippen LogP) is 2.36. The number of aryl methyl sites for hydroxylation is 2. The summed E-state index contributed by atoms with van der Waals surface area (Å²) in [5.74, 6) is 0.105. The van der Waals surface area contributed by atoms with Crippen molar-refractivity contribution in [2.45, 2.75) is 26.5 Å². The van der Waals surface area contributed by atoms with Crippen molar-refractivity contribution in [1.29, 1.82) is 0 Å². The van der Waals surface area contributed by atoms with Crippen molar-refractivity contribution in [3.05, 3.63) is 64.6 Å². The first-order valence-electron chi connectivity index (χ1n) is 9.06. The smallest absolute Gasteiger partial charge is 0.356 e. The number of anilines is 1. The Labute approximate surface area is 162 Å². The molecule has 2 aromatic heterocycles. The summed E-state index contributed by atoms with van der Waals surface area (Å²) in [7, 11) is 1.76. The second-order valence-corrected chi connectivity index (χ2v) is 6.80. The number of carbonyl (C=O) groups is 1. The average molecular weight is 379 g/mol. The molecule has 3 heterocycles. The van der Waals surface area contributed by atoms with Gasteiger partial charge in [-0.1, -0.05) is 30.3 Å². The molecule has 8 nitrogen and oxygen atoms in total. The van der Waals surface area contributed by atoms with Gasteiger partial charge in [0.15, 0.2) is 5.69 Å². The molecule has 1 N–H and O–H groups in total. The molecule has 0 saturated heterocycles. The second-order valence-electron chi connectivity index (χ2n) is 6.80. The van der Waals surface area contributed by atoms with Crippen molar-refractivity contribution >= 4 is 11.9 Å². The number of fused-ring (bicyclic) bond motifs is 1. The van der Waals surface area contributed by atoms with Gasteiger partial charge in [0.05, 0.1) is 12.2 Å². The minimum Gasteiger partial charge on any atom is -0.476 e. The summed E-state index contributed by atoms with van der Waals surface area (Å²) in [6.45, 7) is 3.47. The Balaban J connectivity index is 1.55. The van der Waals surface area contributed by atoms with Crippen LogP contribution in [0.15, 0.2) is 36.4 Å². The van der Waals surface area contributed by atoms with Crippen LogP contribution < -0.4 is 9.64 Å². The van der Waals surface area contributed by atoms with E-state index in [0.717, 1.165) is 22.5 Å². The van der Waals surface area contributed by atoms with Crippen molar-refractivity contribution < 1.29 is 14.6 Å². The summed E-state index contributed by atoms with van der Waals surface area (Å²) < 4.78 is 7.49. The molecule has 1 aliphatic rings. The van der Waals surface area contributed by atoms with E-state index < -0.39 is 5.97 Å². The fourth-order valence-corrected chi connectivity index (χ4v) is 3.38. The van der Waals surface area contributed by atoms with Crippen molar-refractivity contribution in [2.75, 3.05) is 11.4 Å². The SMILES string of the molecule is Cc1cc(OCc2ccccc2)nc(N2CCc3c(C(=O)O)nn(C)c3C2)n1. The standard InChI is InChI=1S/C20H21N5O3/c1-13-10-17(28-12-14-6-4-3-5-7-14)22-20(21-13)25-9-8-15-16(11-25)24(2)23-18(15)19(26)27/h3-7,10H,8-9,11-12H2,1-2H3,(H,26,27). The molecular formula is C20H21N5O3. The number of rotatable bonds is 5. The lowest BCUT2D eigenvalue weighted by Crippen LogP contribution is -2.33. The molecule has 144 valence electrons. The van der Waals surface area contributed by atoms with Crippen molar-refractivity contribution in [3.63, 3.8) is 0 Å². The molecule has 28 heavy (non-hydrogen) atoms. The number of aromatic carboxylic acids is 1. The molecule has 0 saturated carbocycles. The van der Waals surface area contributed by atoms with E-state index in [-0.39, 0.29) is 5.69 Å². The van der Waals surface area contributed by atoms with Gasteiger partial charge in [-0.15, -0.1) is 0 Å². The zero-order valence-electron chi connectivity index (χ0n) is 15.8. The van der Waals surface area contributed by atoms with E-state index >= 15 is 0 Å². The van der Waals surface area contributed by atoms with E-state index in [9.17, 15) is 9.90 Å². The Hall–Kier alpha value is -3.42. The molecule has 1 aromatic carbocycles. The number of carboxylic acid groups (broad SMARTS) is 1. The topological polar surface area (TPSA) is 93.4 Å². The van der Waals surface area contributed by atoms with E-state index in [1.165, 1.54) is 0 Å². The highest BCUT2D eigenvalue weighted by Gasteiger charge is 2.28. The van der Waals surface area contributed by atoms with Crippen LogP contribution in [0.2, 0.25) is 0 Å². The number of nitrogens with zero attached hydrogens (tertiary/aromatic N) is 5. The van der Waals surface area contributed by atoms with Gasteiger partial charge < -0.3 is 14.7 Å². The maximum absolute atomic E-state index is 11.4. The molecule has 8 heteroatoms. The molecule has 4 rings (SSSR count). The van der Waals surface area contributed by atoms with E-state index in [1.54, 1.807) is 11.7 Å². The molecule has 0 amide bonds. The lowest BCUT2D eigenvalue weighted by molar-refractivity contribution is 0.0688. The summed E-state index contributed by atoms with van der Waals surface area (Å²) in [6.07, 6.45) is 0.586. The van der Waals surface area contributed by atoms with Gasteiger partial charge in [-0.05, 0) is 18.9 Å². The number of hydrogen-bond acceptors (Lipinski definition) is 6. The van der Waals surface area contributed by atoms with Gasteiger partial charge in [-0.2, -0.15) is 10.1 Å². The van der Waals surface area contributed by atoms with E-state index in [0.29, 0.717) is 37.9 Å². The molecule has 0 atom stereocenters. The summed E-state index contributed by atoms with van der Waals surface area (Å²) in [5.41, 5.74) is 3.68. The third kappa shape index (κ3) is 3.53. The molecule has 0 unspecified atom stereocenters. The van der Waals surface area contributed by atoms with E-state index in [2.05, 4.69) is 15.1 Å². The van der Waals surface area contributed by atoms with E-state index in [1.807, 2.05) is 48.2 Å². The van der Waals surface area contributed by atoms with Crippen LogP contribution in [0.4, 0.5) is 5.95 Å². The van der Waals surface area contributed by atoms with Crippen molar-refractivity contribution in [2.24, 2.45) is 7.05 Å². The molecule has 3 aromatic rings. The maximum atomic E-state index is 11.4.